The van der Waals surface area contributed by atoms with Crippen LogP contribution in [0.5, 0.6) is 0 Å². The molecule has 0 spiro atoms. The number of aryl methyl sites for hydroxylation is 1. The van der Waals surface area contributed by atoms with E-state index in [1.165, 1.54) is 0 Å². The zero-order valence-corrected chi connectivity index (χ0v) is 11.6. The topological polar surface area (TPSA) is 64.1 Å². The van der Waals surface area contributed by atoms with Crippen LogP contribution in [0.1, 0.15) is 24.7 Å². The lowest BCUT2D eigenvalue weighted by Crippen LogP contribution is -2.20. The van der Waals surface area contributed by atoms with Gasteiger partial charge in [0, 0.05) is 24.2 Å². The molecule has 2 rings (SSSR count). The number of furan rings is 1. The molecule has 0 aliphatic heterocycles. The molecule has 0 saturated heterocycles. The van der Waals surface area contributed by atoms with Gasteiger partial charge in [-0.05, 0) is 31.5 Å². The van der Waals surface area contributed by atoms with Gasteiger partial charge in [-0.25, -0.2) is 0 Å². The Hall–Kier alpha value is -1.88. The van der Waals surface area contributed by atoms with Crippen LogP contribution in [-0.2, 0) is 6.42 Å². The number of hydrogen-bond donors (Lipinski definition) is 2. The summed E-state index contributed by atoms with van der Waals surface area (Å²) < 4.78 is 5.32. The highest BCUT2D eigenvalue weighted by Crippen LogP contribution is 2.16. The molecule has 4 nitrogen and oxygen atoms in total. The Balaban J connectivity index is 1.95. The molecule has 100 valence electrons. The van der Waals surface area contributed by atoms with E-state index in [0.29, 0.717) is 4.99 Å². The van der Waals surface area contributed by atoms with Gasteiger partial charge in [0.2, 0.25) is 0 Å². The van der Waals surface area contributed by atoms with Crippen LogP contribution in [0, 0.1) is 0 Å². The zero-order chi connectivity index (χ0) is 13.7. The number of pyridine rings is 1. The van der Waals surface area contributed by atoms with E-state index in [9.17, 15) is 0 Å². The predicted octanol–water partition coefficient (Wildman–Crippen LogP) is 2.74. The normalized spacial score (nSPS) is 12.1. The summed E-state index contributed by atoms with van der Waals surface area (Å²) >= 11 is 5.03. The van der Waals surface area contributed by atoms with Gasteiger partial charge >= 0.3 is 0 Å². The number of nitrogens with two attached hydrogens (primary N) is 1. The molecule has 0 amide bonds. The lowest BCUT2D eigenvalue weighted by atomic mass is 10.1. The Morgan fingerprint density at radius 1 is 1.53 bits per heavy atom. The zero-order valence-electron chi connectivity index (χ0n) is 10.8. The van der Waals surface area contributed by atoms with Gasteiger partial charge in [-0.15, -0.1) is 0 Å². The molecule has 2 aromatic heterocycles. The molecule has 0 saturated carbocycles. The summed E-state index contributed by atoms with van der Waals surface area (Å²) in [6.07, 6.45) is 6.98. The van der Waals surface area contributed by atoms with E-state index in [1.54, 1.807) is 18.7 Å². The van der Waals surface area contributed by atoms with E-state index < -0.39 is 0 Å². The van der Waals surface area contributed by atoms with Crippen LogP contribution in [0.15, 0.2) is 41.3 Å². The predicted molar refractivity (Wildman–Crippen MR) is 80.2 cm³/mol. The second-order valence-corrected chi connectivity index (χ2v) is 4.89. The maximum Gasteiger partial charge on any atom is 0.106 e. The number of anilines is 1. The molecule has 2 aromatic rings. The average molecular weight is 275 g/mol. The minimum Gasteiger partial charge on any atom is -0.469 e. The van der Waals surface area contributed by atoms with Crippen molar-refractivity contribution in [3.05, 3.63) is 48.2 Å². The summed E-state index contributed by atoms with van der Waals surface area (Å²) in [5.74, 6) is 0.995. The molecule has 1 atom stereocenters. The van der Waals surface area contributed by atoms with Crippen LogP contribution in [0.4, 0.5) is 5.69 Å². The van der Waals surface area contributed by atoms with Gasteiger partial charge in [0.05, 0.1) is 18.1 Å². The Bertz CT molecular complexity index is 539. The van der Waals surface area contributed by atoms with Gasteiger partial charge in [-0.2, -0.15) is 0 Å². The molecular formula is C14H17N3OS. The smallest absolute Gasteiger partial charge is 0.106 e. The van der Waals surface area contributed by atoms with Gasteiger partial charge in [0.1, 0.15) is 10.7 Å². The minimum atomic E-state index is 0.280. The first kappa shape index (κ1) is 13.5. The molecule has 0 fully saturated rings. The van der Waals surface area contributed by atoms with Crippen LogP contribution >= 0.6 is 12.2 Å². The maximum absolute atomic E-state index is 5.69. The van der Waals surface area contributed by atoms with Crippen molar-refractivity contribution in [1.82, 2.24) is 4.98 Å². The number of thiocarbonyl (C=S) groups is 1. The highest BCUT2D eigenvalue weighted by atomic mass is 32.1. The van der Waals surface area contributed by atoms with Crippen LogP contribution in [0.25, 0.3) is 0 Å². The van der Waals surface area contributed by atoms with Crippen molar-refractivity contribution in [2.75, 3.05) is 5.32 Å². The number of rotatable bonds is 6. The third kappa shape index (κ3) is 3.79. The van der Waals surface area contributed by atoms with E-state index in [-0.39, 0.29) is 6.04 Å². The third-order valence-corrected chi connectivity index (χ3v) is 3.11. The maximum atomic E-state index is 5.69. The number of nitrogens with zero attached hydrogens (tertiary/aromatic N) is 1. The van der Waals surface area contributed by atoms with E-state index in [4.69, 9.17) is 22.4 Å². The van der Waals surface area contributed by atoms with Crippen molar-refractivity contribution in [2.45, 2.75) is 25.8 Å². The summed E-state index contributed by atoms with van der Waals surface area (Å²) in [6, 6.07) is 5.99. The number of nitrogens with one attached hydrogen (secondary N) is 1. The van der Waals surface area contributed by atoms with Crippen molar-refractivity contribution in [1.29, 1.82) is 0 Å². The third-order valence-electron chi connectivity index (χ3n) is 2.89. The van der Waals surface area contributed by atoms with Crippen molar-refractivity contribution >= 4 is 22.9 Å². The van der Waals surface area contributed by atoms with Crippen LogP contribution < -0.4 is 11.1 Å². The summed E-state index contributed by atoms with van der Waals surface area (Å²) in [5.41, 5.74) is 7.40. The van der Waals surface area contributed by atoms with Gasteiger partial charge in [0.25, 0.3) is 0 Å². The van der Waals surface area contributed by atoms with Crippen molar-refractivity contribution in [3.8, 4) is 0 Å². The molecule has 3 N–H and O–H groups in total. The second-order valence-electron chi connectivity index (χ2n) is 4.45. The van der Waals surface area contributed by atoms with Gasteiger partial charge < -0.3 is 15.5 Å². The summed E-state index contributed by atoms with van der Waals surface area (Å²) in [6.45, 7) is 2.11. The molecule has 2 heterocycles. The lowest BCUT2D eigenvalue weighted by molar-refractivity contribution is 0.495. The quantitative estimate of drug-likeness (QED) is 0.794. The van der Waals surface area contributed by atoms with Crippen molar-refractivity contribution < 1.29 is 4.42 Å². The number of hydrogen-bond acceptors (Lipinski definition) is 4. The Morgan fingerprint density at radius 3 is 3.05 bits per heavy atom. The molecule has 0 radical (unpaired) electrons. The largest absolute Gasteiger partial charge is 0.469 e. The molecule has 0 bridgehead atoms. The van der Waals surface area contributed by atoms with Crippen LogP contribution in [0.3, 0.4) is 0 Å². The first-order valence-electron chi connectivity index (χ1n) is 6.19. The standard InChI is InChI=1S/C14H17N3OS/c1-10(4-5-11-3-2-8-18-11)17-13-9-16-7-6-12(13)14(15)19/h2-3,6-10,17H,4-5H2,1H3,(H2,15,19). The fourth-order valence-corrected chi connectivity index (χ4v) is 2.05. The van der Waals surface area contributed by atoms with Crippen LogP contribution in [0.2, 0.25) is 0 Å². The Labute approximate surface area is 118 Å². The molecule has 1 unspecified atom stereocenters. The van der Waals surface area contributed by atoms with E-state index in [1.807, 2.05) is 18.2 Å². The molecular weight excluding hydrogens is 258 g/mol. The molecule has 0 aromatic carbocycles. The van der Waals surface area contributed by atoms with E-state index in [0.717, 1.165) is 29.9 Å². The van der Waals surface area contributed by atoms with Crippen molar-refractivity contribution in [2.24, 2.45) is 5.73 Å². The number of aromatic nitrogens is 1. The first-order valence-corrected chi connectivity index (χ1v) is 6.60. The highest BCUT2D eigenvalue weighted by Gasteiger charge is 2.09. The average Bonchev–Trinajstić information content (AvgIpc) is 2.90. The molecule has 0 aliphatic rings. The van der Waals surface area contributed by atoms with Gasteiger partial charge in [-0.3, -0.25) is 4.98 Å². The SMILES string of the molecule is CC(CCc1ccco1)Nc1cnccc1C(N)=S. The summed E-state index contributed by atoms with van der Waals surface area (Å²) in [4.78, 5) is 4.47. The van der Waals surface area contributed by atoms with Gasteiger partial charge in [-0.1, -0.05) is 12.2 Å². The molecule has 19 heavy (non-hydrogen) atoms. The van der Waals surface area contributed by atoms with Gasteiger partial charge in [0.15, 0.2) is 0 Å². The first-order chi connectivity index (χ1) is 9.16. The highest BCUT2D eigenvalue weighted by molar-refractivity contribution is 7.80. The fraction of sp³-hybridized carbons (Fsp3) is 0.286. The van der Waals surface area contributed by atoms with Crippen LogP contribution in [-0.4, -0.2) is 16.0 Å². The summed E-state index contributed by atoms with van der Waals surface area (Å²) in [5, 5.41) is 3.38. The molecule has 5 heteroatoms. The van der Waals surface area contributed by atoms with Crippen molar-refractivity contribution in [3.63, 3.8) is 0 Å². The molecule has 0 aliphatic carbocycles. The minimum absolute atomic E-state index is 0.280. The van der Waals surface area contributed by atoms with E-state index >= 15 is 0 Å². The Kier molecular flexibility index (Phi) is 4.52. The fourth-order valence-electron chi connectivity index (χ4n) is 1.88. The Morgan fingerprint density at radius 2 is 2.37 bits per heavy atom. The lowest BCUT2D eigenvalue weighted by Gasteiger charge is -2.16. The van der Waals surface area contributed by atoms with E-state index in [2.05, 4.69) is 17.2 Å². The second kappa shape index (κ2) is 6.33. The monoisotopic (exact) mass is 275 g/mol. The summed E-state index contributed by atoms with van der Waals surface area (Å²) in [7, 11) is 0.